The summed E-state index contributed by atoms with van der Waals surface area (Å²) in [7, 11) is 0. The number of H-pyrrole nitrogens is 1. The number of phenols is 1. The van der Waals surface area contributed by atoms with E-state index in [1.807, 2.05) is 36.6 Å². The van der Waals surface area contributed by atoms with E-state index in [4.69, 9.17) is 11.6 Å². The van der Waals surface area contributed by atoms with Gasteiger partial charge in [0.2, 0.25) is 5.13 Å². The van der Waals surface area contributed by atoms with Crippen molar-refractivity contribution in [3.63, 3.8) is 0 Å². The number of halogens is 1. The highest BCUT2D eigenvalue weighted by Gasteiger charge is 2.08. The first kappa shape index (κ1) is 16.6. The molecule has 26 heavy (non-hydrogen) atoms. The Labute approximate surface area is 158 Å². The third kappa shape index (κ3) is 3.40. The zero-order valence-corrected chi connectivity index (χ0v) is 15.3. The SMILES string of the molecule is C/C(=N\Nc1nc(-c2ccc(O)cc2)cs1)c1nc2ccc(Cl)cc2[nH]1. The van der Waals surface area contributed by atoms with Crippen LogP contribution in [0.1, 0.15) is 12.7 Å². The van der Waals surface area contributed by atoms with Gasteiger partial charge in [-0.05, 0) is 49.4 Å². The molecule has 6 nitrogen and oxygen atoms in total. The maximum absolute atomic E-state index is 9.37. The predicted molar refractivity (Wildman–Crippen MR) is 106 cm³/mol. The molecule has 2 aromatic carbocycles. The molecule has 0 spiro atoms. The van der Waals surface area contributed by atoms with Crippen molar-refractivity contribution in [1.29, 1.82) is 0 Å². The lowest BCUT2D eigenvalue weighted by atomic mass is 10.2. The monoisotopic (exact) mass is 383 g/mol. The van der Waals surface area contributed by atoms with Crippen LogP contribution >= 0.6 is 22.9 Å². The van der Waals surface area contributed by atoms with Crippen molar-refractivity contribution in [2.45, 2.75) is 6.92 Å². The van der Waals surface area contributed by atoms with Crippen LogP contribution in [0.25, 0.3) is 22.3 Å². The van der Waals surface area contributed by atoms with E-state index < -0.39 is 0 Å². The average molecular weight is 384 g/mol. The lowest BCUT2D eigenvalue weighted by Crippen LogP contribution is -2.01. The summed E-state index contributed by atoms with van der Waals surface area (Å²) in [6.07, 6.45) is 0. The highest BCUT2D eigenvalue weighted by atomic mass is 35.5. The number of aromatic nitrogens is 3. The molecule has 2 aromatic heterocycles. The normalized spacial score (nSPS) is 11.8. The number of aromatic hydroxyl groups is 1. The quantitative estimate of drug-likeness (QED) is 0.346. The summed E-state index contributed by atoms with van der Waals surface area (Å²) in [5.41, 5.74) is 7.13. The summed E-state index contributed by atoms with van der Waals surface area (Å²) in [5.74, 6) is 0.903. The topological polar surface area (TPSA) is 86.2 Å². The van der Waals surface area contributed by atoms with Gasteiger partial charge in [0.15, 0.2) is 5.82 Å². The molecule has 0 aliphatic heterocycles. The third-order valence-electron chi connectivity index (χ3n) is 3.77. The van der Waals surface area contributed by atoms with E-state index in [1.165, 1.54) is 11.3 Å². The molecule has 4 rings (SSSR count). The number of thiazole rings is 1. The summed E-state index contributed by atoms with van der Waals surface area (Å²) in [5, 5.41) is 17.0. The second-order valence-corrected chi connectivity index (χ2v) is 6.94. The molecule has 3 N–H and O–H groups in total. The summed E-state index contributed by atoms with van der Waals surface area (Å²) in [6, 6.07) is 12.4. The molecule has 0 amide bonds. The Bertz CT molecular complexity index is 1100. The van der Waals surface area contributed by atoms with Crippen molar-refractivity contribution < 1.29 is 5.11 Å². The zero-order valence-electron chi connectivity index (χ0n) is 13.7. The molecule has 4 aromatic rings. The van der Waals surface area contributed by atoms with Crippen LogP contribution in [-0.4, -0.2) is 25.8 Å². The molecule has 0 bridgehead atoms. The van der Waals surface area contributed by atoms with E-state index in [2.05, 4.69) is 25.5 Å². The zero-order chi connectivity index (χ0) is 18.1. The number of nitrogens with one attached hydrogen (secondary N) is 2. The molecular weight excluding hydrogens is 370 g/mol. The van der Waals surface area contributed by atoms with Crippen LogP contribution in [0.3, 0.4) is 0 Å². The number of aromatic amines is 1. The Morgan fingerprint density at radius 3 is 2.81 bits per heavy atom. The first-order valence-electron chi connectivity index (χ1n) is 7.79. The molecule has 8 heteroatoms. The molecule has 0 aliphatic carbocycles. The molecule has 0 aliphatic rings. The van der Waals surface area contributed by atoms with Gasteiger partial charge in [0.1, 0.15) is 11.5 Å². The molecule has 130 valence electrons. The van der Waals surface area contributed by atoms with Crippen molar-refractivity contribution >= 4 is 44.8 Å². The summed E-state index contributed by atoms with van der Waals surface area (Å²) < 4.78 is 0. The largest absolute Gasteiger partial charge is 0.508 e. The highest BCUT2D eigenvalue weighted by molar-refractivity contribution is 7.14. The predicted octanol–water partition coefficient (Wildman–Crippen LogP) is 4.88. The number of rotatable bonds is 4. The average Bonchev–Trinajstić information content (AvgIpc) is 3.27. The lowest BCUT2D eigenvalue weighted by Gasteiger charge is -1.98. The number of fused-ring (bicyclic) bond motifs is 1. The molecule has 0 saturated carbocycles. The summed E-state index contributed by atoms with van der Waals surface area (Å²) >= 11 is 7.45. The van der Waals surface area contributed by atoms with Gasteiger partial charge >= 0.3 is 0 Å². The maximum atomic E-state index is 9.37. The Morgan fingerprint density at radius 1 is 1.19 bits per heavy atom. The Hall–Kier alpha value is -2.90. The Morgan fingerprint density at radius 2 is 2.00 bits per heavy atom. The van der Waals surface area contributed by atoms with Gasteiger partial charge in [-0.1, -0.05) is 11.6 Å². The van der Waals surface area contributed by atoms with Gasteiger partial charge in [-0.3, -0.25) is 5.43 Å². The van der Waals surface area contributed by atoms with Crippen molar-refractivity contribution in [3.05, 3.63) is 58.7 Å². The van der Waals surface area contributed by atoms with E-state index in [0.717, 1.165) is 22.3 Å². The summed E-state index contributed by atoms with van der Waals surface area (Å²) in [4.78, 5) is 12.2. The Balaban J connectivity index is 1.52. The van der Waals surface area contributed by atoms with Crippen molar-refractivity contribution in [1.82, 2.24) is 15.0 Å². The molecule has 2 heterocycles. The van der Waals surface area contributed by atoms with Crippen LogP contribution in [-0.2, 0) is 0 Å². The minimum absolute atomic E-state index is 0.231. The second kappa shape index (κ2) is 6.78. The molecule has 0 atom stereocenters. The van der Waals surface area contributed by atoms with E-state index in [0.29, 0.717) is 21.7 Å². The second-order valence-electron chi connectivity index (χ2n) is 5.64. The lowest BCUT2D eigenvalue weighted by molar-refractivity contribution is 0.475. The number of imidazole rings is 1. The van der Waals surface area contributed by atoms with Gasteiger partial charge in [0.05, 0.1) is 16.7 Å². The molecule has 0 unspecified atom stereocenters. The first-order chi connectivity index (χ1) is 12.6. The smallest absolute Gasteiger partial charge is 0.203 e. The fourth-order valence-electron chi connectivity index (χ4n) is 2.43. The highest BCUT2D eigenvalue weighted by Crippen LogP contribution is 2.26. The van der Waals surface area contributed by atoms with Gasteiger partial charge in [0.25, 0.3) is 0 Å². The number of anilines is 1. The van der Waals surface area contributed by atoms with E-state index >= 15 is 0 Å². The first-order valence-corrected chi connectivity index (χ1v) is 9.05. The van der Waals surface area contributed by atoms with Crippen molar-refractivity contribution in [2.75, 3.05) is 5.43 Å². The van der Waals surface area contributed by atoms with Crippen LogP contribution in [0.15, 0.2) is 52.9 Å². The molecular formula is C18H14ClN5OS. The van der Waals surface area contributed by atoms with Crippen LogP contribution < -0.4 is 5.43 Å². The van der Waals surface area contributed by atoms with Crippen LogP contribution in [0, 0.1) is 0 Å². The number of nitrogens with zero attached hydrogens (tertiary/aromatic N) is 3. The number of hydrogen-bond acceptors (Lipinski definition) is 6. The van der Waals surface area contributed by atoms with E-state index in [-0.39, 0.29) is 5.75 Å². The van der Waals surface area contributed by atoms with Crippen LogP contribution in [0.4, 0.5) is 5.13 Å². The fraction of sp³-hybridized carbons (Fsp3) is 0.0556. The van der Waals surface area contributed by atoms with E-state index in [9.17, 15) is 5.11 Å². The van der Waals surface area contributed by atoms with E-state index in [1.54, 1.807) is 18.2 Å². The molecule has 0 radical (unpaired) electrons. The summed E-state index contributed by atoms with van der Waals surface area (Å²) in [6.45, 7) is 1.86. The van der Waals surface area contributed by atoms with Gasteiger partial charge in [-0.2, -0.15) is 5.10 Å². The molecule has 0 saturated heterocycles. The van der Waals surface area contributed by atoms with Crippen molar-refractivity contribution in [3.8, 4) is 17.0 Å². The number of phenolic OH excluding ortho intramolecular Hbond substituents is 1. The minimum atomic E-state index is 0.231. The van der Waals surface area contributed by atoms with Gasteiger partial charge in [-0.15, -0.1) is 11.3 Å². The maximum Gasteiger partial charge on any atom is 0.203 e. The van der Waals surface area contributed by atoms with Crippen molar-refractivity contribution in [2.24, 2.45) is 5.10 Å². The number of benzene rings is 2. The van der Waals surface area contributed by atoms with Gasteiger partial charge in [-0.25, -0.2) is 9.97 Å². The number of hydrogen-bond donors (Lipinski definition) is 3. The fourth-order valence-corrected chi connectivity index (χ4v) is 3.26. The van der Waals surface area contributed by atoms with Gasteiger partial charge < -0.3 is 10.1 Å². The number of hydrazone groups is 1. The van der Waals surface area contributed by atoms with Crippen LogP contribution in [0.5, 0.6) is 5.75 Å². The third-order valence-corrected chi connectivity index (χ3v) is 4.76. The Kier molecular flexibility index (Phi) is 4.32. The minimum Gasteiger partial charge on any atom is -0.508 e. The van der Waals surface area contributed by atoms with Gasteiger partial charge in [0, 0.05) is 16.0 Å². The van der Waals surface area contributed by atoms with Crippen LogP contribution in [0.2, 0.25) is 5.02 Å². The molecule has 0 fully saturated rings. The standard InChI is InChI=1S/C18H14ClN5OS/c1-10(17-20-14-7-4-12(19)8-15(14)21-17)23-24-18-22-16(9-26-18)11-2-5-13(25)6-3-11/h2-9,25H,1H3,(H,20,21)(H,22,24)/b23-10+.